The zero-order valence-corrected chi connectivity index (χ0v) is 13.3. The van der Waals surface area contributed by atoms with Gasteiger partial charge in [-0.05, 0) is 44.9 Å². The number of aliphatic hydroxyl groups is 1. The highest BCUT2D eigenvalue weighted by Gasteiger charge is 2.18. The lowest BCUT2D eigenvalue weighted by Crippen LogP contribution is -2.33. The smallest absolute Gasteiger partial charge is 0.273 e. The van der Waals surface area contributed by atoms with E-state index in [0.717, 1.165) is 5.69 Å². The molecule has 2 aromatic rings. The van der Waals surface area contributed by atoms with Gasteiger partial charge in [0.25, 0.3) is 5.91 Å². The van der Waals surface area contributed by atoms with E-state index in [4.69, 9.17) is 16.7 Å². The Morgan fingerprint density at radius 1 is 1.50 bits per heavy atom. The monoisotopic (exact) mass is 322 g/mol. The lowest BCUT2D eigenvalue weighted by atomic mass is 10.2. The molecular formula is C15H19ClN4O2. The summed E-state index contributed by atoms with van der Waals surface area (Å²) in [4.78, 5) is 12.2. The average Bonchev–Trinajstić information content (AvgIpc) is 2.87. The SMILES string of the molecule is Cc1c(C(=O)NC(C)CCCO)nnn1-c1cccc(Cl)c1. The summed E-state index contributed by atoms with van der Waals surface area (Å²) in [5, 5.41) is 20.3. The van der Waals surface area contributed by atoms with E-state index in [0.29, 0.717) is 23.6 Å². The molecule has 0 radical (unpaired) electrons. The van der Waals surface area contributed by atoms with Crippen molar-refractivity contribution in [2.24, 2.45) is 0 Å². The maximum Gasteiger partial charge on any atom is 0.273 e. The summed E-state index contributed by atoms with van der Waals surface area (Å²) in [5.74, 6) is -0.267. The van der Waals surface area contributed by atoms with E-state index in [9.17, 15) is 4.79 Å². The number of hydrogen-bond donors (Lipinski definition) is 2. The van der Waals surface area contributed by atoms with E-state index in [1.54, 1.807) is 23.7 Å². The highest BCUT2D eigenvalue weighted by molar-refractivity contribution is 6.30. The largest absolute Gasteiger partial charge is 0.396 e. The summed E-state index contributed by atoms with van der Waals surface area (Å²) in [7, 11) is 0. The normalized spacial score (nSPS) is 12.2. The maximum atomic E-state index is 12.2. The van der Waals surface area contributed by atoms with Crippen LogP contribution >= 0.6 is 11.6 Å². The van der Waals surface area contributed by atoms with E-state index in [-0.39, 0.29) is 24.2 Å². The van der Waals surface area contributed by atoms with Crippen molar-refractivity contribution in [3.8, 4) is 5.69 Å². The molecule has 1 atom stereocenters. The molecular weight excluding hydrogens is 304 g/mol. The molecule has 0 saturated heterocycles. The van der Waals surface area contributed by atoms with Crippen LogP contribution in [0.1, 0.15) is 35.9 Å². The number of benzene rings is 1. The summed E-state index contributed by atoms with van der Waals surface area (Å²) < 4.78 is 1.58. The predicted molar refractivity (Wildman–Crippen MR) is 84.4 cm³/mol. The van der Waals surface area contributed by atoms with E-state index in [1.807, 2.05) is 19.1 Å². The predicted octanol–water partition coefficient (Wildman–Crippen LogP) is 2.12. The first-order chi connectivity index (χ1) is 10.5. The number of carbonyl (C=O) groups excluding carboxylic acids is 1. The fourth-order valence-corrected chi connectivity index (χ4v) is 2.34. The third-order valence-electron chi connectivity index (χ3n) is 3.34. The van der Waals surface area contributed by atoms with Gasteiger partial charge >= 0.3 is 0 Å². The van der Waals surface area contributed by atoms with E-state index in [1.165, 1.54) is 0 Å². The Morgan fingerprint density at radius 3 is 2.95 bits per heavy atom. The number of amides is 1. The van der Waals surface area contributed by atoms with Crippen LogP contribution in [0, 0.1) is 6.92 Å². The number of carbonyl (C=O) groups is 1. The number of nitrogens with zero attached hydrogens (tertiary/aromatic N) is 3. The molecule has 1 heterocycles. The molecule has 0 fully saturated rings. The van der Waals surface area contributed by atoms with Gasteiger partial charge in [-0.1, -0.05) is 22.9 Å². The first-order valence-corrected chi connectivity index (χ1v) is 7.50. The molecule has 0 spiro atoms. The molecule has 6 nitrogen and oxygen atoms in total. The summed E-state index contributed by atoms with van der Waals surface area (Å²) in [6, 6.07) is 7.16. The number of rotatable bonds is 6. The van der Waals surface area contributed by atoms with Crippen molar-refractivity contribution >= 4 is 17.5 Å². The third kappa shape index (κ3) is 3.84. The highest BCUT2D eigenvalue weighted by atomic mass is 35.5. The van der Waals surface area contributed by atoms with Gasteiger partial charge in [0.2, 0.25) is 0 Å². The summed E-state index contributed by atoms with van der Waals surface area (Å²) >= 11 is 5.97. The highest BCUT2D eigenvalue weighted by Crippen LogP contribution is 2.16. The van der Waals surface area contributed by atoms with Crippen molar-refractivity contribution in [3.05, 3.63) is 40.7 Å². The van der Waals surface area contributed by atoms with Crippen LogP contribution in [-0.4, -0.2) is 38.7 Å². The second-order valence-electron chi connectivity index (χ2n) is 5.16. The number of aliphatic hydroxyl groups excluding tert-OH is 1. The summed E-state index contributed by atoms with van der Waals surface area (Å²) in [5.41, 5.74) is 1.69. The van der Waals surface area contributed by atoms with E-state index >= 15 is 0 Å². The van der Waals surface area contributed by atoms with E-state index < -0.39 is 0 Å². The molecule has 0 aliphatic heterocycles. The second kappa shape index (κ2) is 7.38. The third-order valence-corrected chi connectivity index (χ3v) is 3.57. The van der Waals surface area contributed by atoms with Gasteiger partial charge in [0, 0.05) is 17.7 Å². The average molecular weight is 323 g/mol. The standard InChI is InChI=1S/C15H19ClN4O2/c1-10(5-4-8-21)17-15(22)14-11(2)20(19-18-14)13-7-3-6-12(16)9-13/h3,6-7,9-10,21H,4-5,8H2,1-2H3,(H,17,22). The van der Waals surface area contributed by atoms with Gasteiger partial charge in [-0.25, -0.2) is 4.68 Å². The Morgan fingerprint density at radius 2 is 2.27 bits per heavy atom. The first-order valence-electron chi connectivity index (χ1n) is 7.13. The zero-order valence-electron chi connectivity index (χ0n) is 12.6. The quantitative estimate of drug-likeness (QED) is 0.853. The van der Waals surface area contributed by atoms with E-state index in [2.05, 4.69) is 15.6 Å². The van der Waals surface area contributed by atoms with Crippen molar-refractivity contribution in [2.45, 2.75) is 32.7 Å². The van der Waals surface area contributed by atoms with Crippen LogP contribution in [0.5, 0.6) is 0 Å². The van der Waals surface area contributed by atoms with Gasteiger partial charge in [-0.3, -0.25) is 4.79 Å². The molecule has 0 bridgehead atoms. The fraction of sp³-hybridized carbons (Fsp3) is 0.400. The molecule has 1 unspecified atom stereocenters. The van der Waals surface area contributed by atoms with Crippen LogP contribution in [0.25, 0.3) is 5.69 Å². The minimum absolute atomic E-state index is 0.0321. The van der Waals surface area contributed by atoms with Crippen LogP contribution in [0.2, 0.25) is 5.02 Å². The van der Waals surface area contributed by atoms with Crippen LogP contribution in [0.3, 0.4) is 0 Å². The van der Waals surface area contributed by atoms with Gasteiger partial charge in [0.05, 0.1) is 11.4 Å². The first kappa shape index (κ1) is 16.5. The van der Waals surface area contributed by atoms with Crippen molar-refractivity contribution < 1.29 is 9.90 Å². The van der Waals surface area contributed by atoms with Gasteiger partial charge in [-0.2, -0.15) is 0 Å². The van der Waals surface area contributed by atoms with Crippen LogP contribution in [0.4, 0.5) is 0 Å². The Labute approximate surface area is 134 Å². The molecule has 118 valence electrons. The Balaban J connectivity index is 2.15. The maximum absolute atomic E-state index is 12.2. The molecule has 1 aromatic heterocycles. The van der Waals surface area contributed by atoms with Gasteiger partial charge in [0.1, 0.15) is 0 Å². The van der Waals surface area contributed by atoms with Crippen molar-refractivity contribution in [1.82, 2.24) is 20.3 Å². The fourth-order valence-electron chi connectivity index (χ4n) is 2.15. The Kier molecular flexibility index (Phi) is 5.51. The lowest BCUT2D eigenvalue weighted by Gasteiger charge is -2.12. The molecule has 2 rings (SSSR count). The lowest BCUT2D eigenvalue weighted by molar-refractivity contribution is 0.0930. The Hall–Kier alpha value is -1.92. The van der Waals surface area contributed by atoms with Crippen LogP contribution in [-0.2, 0) is 0 Å². The molecule has 22 heavy (non-hydrogen) atoms. The van der Waals surface area contributed by atoms with Crippen molar-refractivity contribution in [1.29, 1.82) is 0 Å². The summed E-state index contributed by atoms with van der Waals surface area (Å²) in [6.45, 7) is 3.79. The van der Waals surface area contributed by atoms with Gasteiger partial charge in [0.15, 0.2) is 5.69 Å². The minimum atomic E-state index is -0.267. The van der Waals surface area contributed by atoms with Crippen LogP contribution in [0.15, 0.2) is 24.3 Å². The topological polar surface area (TPSA) is 80.0 Å². The van der Waals surface area contributed by atoms with Crippen LogP contribution < -0.4 is 5.32 Å². The van der Waals surface area contributed by atoms with Gasteiger partial charge in [-0.15, -0.1) is 5.10 Å². The number of nitrogens with one attached hydrogen (secondary N) is 1. The molecule has 2 N–H and O–H groups in total. The molecule has 1 amide bonds. The second-order valence-corrected chi connectivity index (χ2v) is 5.59. The van der Waals surface area contributed by atoms with Crippen molar-refractivity contribution in [2.75, 3.05) is 6.61 Å². The molecule has 0 saturated carbocycles. The Bertz CT molecular complexity index is 657. The molecule has 0 aliphatic rings. The number of halogens is 1. The van der Waals surface area contributed by atoms with Gasteiger partial charge < -0.3 is 10.4 Å². The molecule has 0 aliphatic carbocycles. The zero-order chi connectivity index (χ0) is 16.1. The number of aromatic nitrogens is 3. The number of hydrogen-bond acceptors (Lipinski definition) is 4. The molecule has 1 aromatic carbocycles. The van der Waals surface area contributed by atoms with Crippen molar-refractivity contribution in [3.63, 3.8) is 0 Å². The summed E-state index contributed by atoms with van der Waals surface area (Å²) in [6.07, 6.45) is 1.36. The minimum Gasteiger partial charge on any atom is -0.396 e. The molecule has 7 heteroatoms.